The number of carbonyl (C=O) groups excluding carboxylic acids is 1. The van der Waals surface area contributed by atoms with Gasteiger partial charge in [0.1, 0.15) is 5.75 Å². The summed E-state index contributed by atoms with van der Waals surface area (Å²) < 4.78 is 11.8. The first-order chi connectivity index (χ1) is 11.1. The van der Waals surface area contributed by atoms with Crippen molar-refractivity contribution in [1.29, 1.82) is 0 Å². The zero-order valence-corrected chi connectivity index (χ0v) is 15.5. The molecule has 0 aliphatic carbocycles. The van der Waals surface area contributed by atoms with E-state index in [-0.39, 0.29) is 5.91 Å². The van der Waals surface area contributed by atoms with Gasteiger partial charge in [0.15, 0.2) is 0 Å². The fraction of sp³-hybridized carbons (Fsp3) is 0.588. The van der Waals surface area contributed by atoms with Crippen LogP contribution >= 0.6 is 27.5 Å². The molecule has 1 saturated heterocycles. The van der Waals surface area contributed by atoms with Crippen LogP contribution in [0.5, 0.6) is 5.75 Å². The molecule has 0 bridgehead atoms. The van der Waals surface area contributed by atoms with Gasteiger partial charge in [-0.15, -0.1) is 0 Å². The number of hydrogen-bond donors (Lipinski definition) is 1. The third kappa shape index (κ3) is 7.10. The largest absolute Gasteiger partial charge is 0.492 e. The fourth-order valence-electron chi connectivity index (χ4n) is 2.55. The number of hydrogen-bond acceptors (Lipinski definition) is 3. The van der Waals surface area contributed by atoms with Gasteiger partial charge in [0.2, 0.25) is 5.91 Å². The summed E-state index contributed by atoms with van der Waals surface area (Å²) in [6, 6.07) is 5.49. The van der Waals surface area contributed by atoms with Crippen LogP contribution in [0.3, 0.4) is 0 Å². The van der Waals surface area contributed by atoms with Crippen LogP contribution in [0.25, 0.3) is 0 Å². The standard InChI is InChI=1S/C17H23BrClNO3/c18-14-3-4-16(15(19)12-14)23-9-1-2-17(21)20-8-5-13-6-10-22-11-7-13/h3-4,12-13H,1-2,5-11H2,(H,20,21). The van der Waals surface area contributed by atoms with Crippen molar-refractivity contribution < 1.29 is 14.3 Å². The Balaban J connectivity index is 1.54. The molecule has 1 heterocycles. The van der Waals surface area contributed by atoms with E-state index in [9.17, 15) is 4.79 Å². The van der Waals surface area contributed by atoms with E-state index in [2.05, 4.69) is 21.2 Å². The van der Waals surface area contributed by atoms with Crippen molar-refractivity contribution in [3.63, 3.8) is 0 Å². The molecular weight excluding hydrogens is 382 g/mol. The minimum absolute atomic E-state index is 0.0857. The first kappa shape index (κ1) is 18.6. The third-order valence-electron chi connectivity index (χ3n) is 3.92. The summed E-state index contributed by atoms with van der Waals surface area (Å²) in [7, 11) is 0. The van der Waals surface area contributed by atoms with Gasteiger partial charge in [0, 0.05) is 30.7 Å². The van der Waals surface area contributed by atoms with Gasteiger partial charge in [-0.25, -0.2) is 0 Å². The van der Waals surface area contributed by atoms with E-state index in [1.807, 2.05) is 12.1 Å². The molecule has 6 heteroatoms. The average molecular weight is 405 g/mol. The van der Waals surface area contributed by atoms with Crippen molar-refractivity contribution in [3.05, 3.63) is 27.7 Å². The van der Waals surface area contributed by atoms with Crippen LogP contribution in [-0.4, -0.2) is 32.3 Å². The highest BCUT2D eigenvalue weighted by Crippen LogP contribution is 2.27. The Morgan fingerprint density at radius 3 is 2.91 bits per heavy atom. The number of nitrogens with one attached hydrogen (secondary N) is 1. The molecule has 1 amide bonds. The van der Waals surface area contributed by atoms with Gasteiger partial charge in [-0.1, -0.05) is 27.5 Å². The normalized spacial score (nSPS) is 15.4. The number of ether oxygens (including phenoxy) is 2. The Labute approximate surface area is 151 Å². The van der Waals surface area contributed by atoms with Crippen molar-refractivity contribution >= 4 is 33.4 Å². The van der Waals surface area contributed by atoms with Crippen molar-refractivity contribution in [1.82, 2.24) is 5.32 Å². The second-order valence-corrected chi connectivity index (χ2v) is 7.04. The molecule has 0 aromatic heterocycles. The Morgan fingerprint density at radius 2 is 2.17 bits per heavy atom. The quantitative estimate of drug-likeness (QED) is 0.661. The van der Waals surface area contributed by atoms with E-state index in [0.717, 1.165) is 43.5 Å². The van der Waals surface area contributed by atoms with Crippen molar-refractivity contribution in [3.8, 4) is 5.75 Å². The lowest BCUT2D eigenvalue weighted by Gasteiger charge is -2.21. The molecule has 0 saturated carbocycles. The molecular formula is C17H23BrClNO3. The predicted octanol–water partition coefficient (Wildman–Crippen LogP) is 4.19. The highest BCUT2D eigenvalue weighted by Gasteiger charge is 2.13. The van der Waals surface area contributed by atoms with Crippen LogP contribution < -0.4 is 10.1 Å². The summed E-state index contributed by atoms with van der Waals surface area (Å²) in [4.78, 5) is 11.8. The highest BCUT2D eigenvalue weighted by molar-refractivity contribution is 9.10. The summed E-state index contributed by atoms with van der Waals surface area (Å²) in [6.45, 7) is 2.95. The molecule has 1 aliphatic heterocycles. The van der Waals surface area contributed by atoms with E-state index >= 15 is 0 Å². The van der Waals surface area contributed by atoms with Gasteiger partial charge >= 0.3 is 0 Å². The topological polar surface area (TPSA) is 47.6 Å². The van der Waals surface area contributed by atoms with Gasteiger partial charge < -0.3 is 14.8 Å². The average Bonchev–Trinajstić information content (AvgIpc) is 2.54. The molecule has 4 nitrogen and oxygen atoms in total. The maximum Gasteiger partial charge on any atom is 0.220 e. The second-order valence-electron chi connectivity index (χ2n) is 5.72. The number of rotatable bonds is 8. The summed E-state index contributed by atoms with van der Waals surface area (Å²) >= 11 is 9.42. The predicted molar refractivity (Wildman–Crippen MR) is 95.1 cm³/mol. The SMILES string of the molecule is O=C(CCCOc1ccc(Br)cc1Cl)NCCC1CCOCC1. The maximum absolute atomic E-state index is 11.8. The molecule has 1 fully saturated rings. The van der Waals surface area contributed by atoms with Gasteiger partial charge in [0.05, 0.1) is 11.6 Å². The van der Waals surface area contributed by atoms with Crippen molar-refractivity contribution in [2.45, 2.75) is 32.1 Å². The number of benzene rings is 1. The lowest BCUT2D eigenvalue weighted by molar-refractivity contribution is -0.121. The lowest BCUT2D eigenvalue weighted by atomic mass is 9.97. The molecule has 128 valence electrons. The van der Waals surface area contributed by atoms with E-state index in [4.69, 9.17) is 21.1 Å². The first-order valence-corrected chi connectivity index (χ1v) is 9.24. The molecule has 0 radical (unpaired) electrons. The van der Waals surface area contributed by atoms with Crippen molar-refractivity contribution in [2.75, 3.05) is 26.4 Å². The minimum atomic E-state index is 0.0857. The summed E-state index contributed by atoms with van der Waals surface area (Å²) in [5, 5.41) is 3.55. The van der Waals surface area contributed by atoms with Gasteiger partial charge in [-0.05, 0) is 49.8 Å². The molecule has 23 heavy (non-hydrogen) atoms. The van der Waals surface area contributed by atoms with Crippen LogP contribution in [0.1, 0.15) is 32.1 Å². The molecule has 1 aliphatic rings. The maximum atomic E-state index is 11.8. The number of carbonyl (C=O) groups is 1. The first-order valence-electron chi connectivity index (χ1n) is 8.07. The van der Waals surface area contributed by atoms with E-state index in [1.165, 1.54) is 0 Å². The summed E-state index contributed by atoms with van der Waals surface area (Å²) in [5.41, 5.74) is 0. The highest BCUT2D eigenvalue weighted by atomic mass is 79.9. The molecule has 1 N–H and O–H groups in total. The fourth-order valence-corrected chi connectivity index (χ4v) is 3.27. The van der Waals surface area contributed by atoms with Crippen LogP contribution in [0.4, 0.5) is 0 Å². The Kier molecular flexibility index (Phi) is 8.20. The zero-order valence-electron chi connectivity index (χ0n) is 13.2. The van der Waals surface area contributed by atoms with Crippen molar-refractivity contribution in [2.24, 2.45) is 5.92 Å². The summed E-state index contributed by atoms with van der Waals surface area (Å²) in [5.74, 6) is 1.42. The molecule has 0 spiro atoms. The van der Waals surface area contributed by atoms with Crippen LogP contribution in [0, 0.1) is 5.92 Å². The third-order valence-corrected chi connectivity index (χ3v) is 4.70. The van der Waals surface area contributed by atoms with Crippen LogP contribution in [-0.2, 0) is 9.53 Å². The summed E-state index contributed by atoms with van der Waals surface area (Å²) in [6.07, 6.45) is 4.41. The Morgan fingerprint density at radius 1 is 1.39 bits per heavy atom. The molecule has 0 atom stereocenters. The number of amides is 1. The molecule has 1 aromatic carbocycles. The zero-order chi connectivity index (χ0) is 16.5. The van der Waals surface area contributed by atoms with Gasteiger partial charge in [-0.3, -0.25) is 4.79 Å². The monoisotopic (exact) mass is 403 g/mol. The lowest BCUT2D eigenvalue weighted by Crippen LogP contribution is -2.27. The van der Waals surface area contributed by atoms with Crippen LogP contribution in [0.2, 0.25) is 5.02 Å². The second kappa shape index (κ2) is 10.2. The Bertz CT molecular complexity index is 507. The molecule has 2 rings (SSSR count). The van der Waals surface area contributed by atoms with E-state index in [0.29, 0.717) is 36.1 Å². The van der Waals surface area contributed by atoms with Gasteiger partial charge in [-0.2, -0.15) is 0 Å². The van der Waals surface area contributed by atoms with E-state index < -0.39 is 0 Å². The van der Waals surface area contributed by atoms with E-state index in [1.54, 1.807) is 6.07 Å². The Hall–Kier alpha value is -0.780. The van der Waals surface area contributed by atoms with Crippen LogP contribution in [0.15, 0.2) is 22.7 Å². The molecule has 0 unspecified atom stereocenters. The van der Waals surface area contributed by atoms with Gasteiger partial charge in [0.25, 0.3) is 0 Å². The minimum Gasteiger partial charge on any atom is -0.492 e. The molecule has 1 aromatic rings. The smallest absolute Gasteiger partial charge is 0.220 e. The number of halogens is 2.